The summed E-state index contributed by atoms with van der Waals surface area (Å²) in [5.41, 5.74) is 0.973. The molecule has 0 fully saturated rings. The van der Waals surface area contributed by atoms with Crippen molar-refractivity contribution in [3.8, 4) is 0 Å². The Morgan fingerprint density at radius 2 is 1.95 bits per heavy atom. The van der Waals surface area contributed by atoms with E-state index in [1.165, 1.54) is 0 Å². The van der Waals surface area contributed by atoms with Gasteiger partial charge in [0.05, 0.1) is 5.75 Å². The summed E-state index contributed by atoms with van der Waals surface area (Å²) in [6, 6.07) is 3.69. The first-order chi connectivity index (χ1) is 9.35. The van der Waals surface area contributed by atoms with Crippen molar-refractivity contribution in [1.82, 2.24) is 9.71 Å². The minimum absolute atomic E-state index is 0.0164. The summed E-state index contributed by atoms with van der Waals surface area (Å²) in [5, 5.41) is 0.950. The van der Waals surface area contributed by atoms with Gasteiger partial charge in [0.15, 0.2) is 0 Å². The van der Waals surface area contributed by atoms with Gasteiger partial charge in [-0.15, -0.1) is 0 Å². The van der Waals surface area contributed by atoms with E-state index in [2.05, 4.69) is 39.5 Å². The lowest BCUT2D eigenvalue weighted by molar-refractivity contribution is 0.332. The van der Waals surface area contributed by atoms with E-state index in [0.717, 1.165) is 23.7 Å². The molecule has 4 nitrogen and oxygen atoms in total. The van der Waals surface area contributed by atoms with Crippen LogP contribution in [0.5, 0.6) is 0 Å². The first-order valence-electron chi connectivity index (χ1n) is 6.77. The molecule has 0 aliphatic rings. The number of halogens is 1. The molecule has 0 bridgehead atoms. The minimum atomic E-state index is -3.22. The van der Waals surface area contributed by atoms with Gasteiger partial charge < -0.3 is 0 Å². The summed E-state index contributed by atoms with van der Waals surface area (Å²) in [7, 11) is -3.22. The molecule has 20 heavy (non-hydrogen) atoms. The van der Waals surface area contributed by atoms with Crippen molar-refractivity contribution in [2.45, 2.75) is 33.1 Å². The van der Waals surface area contributed by atoms with Crippen LogP contribution < -0.4 is 4.72 Å². The van der Waals surface area contributed by atoms with Gasteiger partial charge in [0, 0.05) is 24.3 Å². The van der Waals surface area contributed by atoms with Crippen molar-refractivity contribution in [3.05, 3.63) is 30.1 Å². The lowest BCUT2D eigenvalue weighted by Crippen LogP contribution is -2.35. The minimum Gasteiger partial charge on any atom is -0.265 e. The number of sulfonamides is 1. The average molecular weight is 363 g/mol. The van der Waals surface area contributed by atoms with Gasteiger partial charge in [0.2, 0.25) is 10.0 Å². The van der Waals surface area contributed by atoms with E-state index in [4.69, 9.17) is 0 Å². The van der Waals surface area contributed by atoms with Gasteiger partial charge in [-0.05, 0) is 42.4 Å². The Morgan fingerprint density at radius 3 is 2.55 bits per heavy atom. The van der Waals surface area contributed by atoms with Crippen molar-refractivity contribution in [1.29, 1.82) is 0 Å². The lowest BCUT2D eigenvalue weighted by atomic mass is 9.88. The zero-order valence-electron chi connectivity index (χ0n) is 12.1. The fourth-order valence-corrected chi connectivity index (χ4v) is 3.35. The Kier molecular flexibility index (Phi) is 7.12. The molecular formula is C14H23BrN2O2S. The van der Waals surface area contributed by atoms with Crippen LogP contribution in [0.4, 0.5) is 0 Å². The maximum atomic E-state index is 12.0. The van der Waals surface area contributed by atoms with Gasteiger partial charge in [-0.1, -0.05) is 29.8 Å². The first-order valence-corrected chi connectivity index (χ1v) is 9.54. The molecule has 1 rings (SSSR count). The van der Waals surface area contributed by atoms with E-state index in [9.17, 15) is 8.42 Å². The van der Waals surface area contributed by atoms with Crippen LogP contribution in [-0.4, -0.2) is 31.0 Å². The predicted molar refractivity (Wildman–Crippen MR) is 86.5 cm³/mol. The number of nitrogens with zero attached hydrogens (tertiary/aromatic N) is 1. The van der Waals surface area contributed by atoms with Gasteiger partial charge in [0.1, 0.15) is 0 Å². The zero-order chi connectivity index (χ0) is 15.1. The molecule has 6 heteroatoms. The van der Waals surface area contributed by atoms with Gasteiger partial charge >= 0.3 is 0 Å². The molecule has 0 radical (unpaired) electrons. The molecule has 0 spiro atoms. The van der Waals surface area contributed by atoms with E-state index < -0.39 is 10.0 Å². The predicted octanol–water partition coefficient (Wildman–Crippen LogP) is 2.74. The fourth-order valence-electron chi connectivity index (χ4n) is 1.81. The van der Waals surface area contributed by atoms with E-state index in [0.29, 0.717) is 13.0 Å². The number of nitrogens with one attached hydrogen (secondary N) is 1. The summed E-state index contributed by atoms with van der Waals surface area (Å²) in [4.78, 5) is 3.92. The van der Waals surface area contributed by atoms with Crippen LogP contribution in [0.1, 0.15) is 32.3 Å². The Bertz CT molecular complexity index is 489. The van der Waals surface area contributed by atoms with Crippen LogP contribution in [0.25, 0.3) is 0 Å². The Morgan fingerprint density at radius 1 is 1.30 bits per heavy atom. The topological polar surface area (TPSA) is 59.1 Å². The Labute approximate surface area is 130 Å². The largest absolute Gasteiger partial charge is 0.265 e. The van der Waals surface area contributed by atoms with Crippen molar-refractivity contribution in [3.63, 3.8) is 0 Å². The van der Waals surface area contributed by atoms with Crippen LogP contribution in [0.3, 0.4) is 0 Å². The second-order valence-corrected chi connectivity index (χ2v) is 8.42. The van der Waals surface area contributed by atoms with Crippen LogP contribution in [0.2, 0.25) is 0 Å². The zero-order valence-corrected chi connectivity index (χ0v) is 14.5. The molecule has 0 amide bonds. The van der Waals surface area contributed by atoms with Crippen molar-refractivity contribution in [2.75, 3.05) is 17.6 Å². The molecule has 0 aliphatic carbocycles. The Hall–Kier alpha value is -0.460. The highest BCUT2D eigenvalue weighted by atomic mass is 79.9. The van der Waals surface area contributed by atoms with Crippen LogP contribution in [-0.2, 0) is 16.4 Å². The summed E-state index contributed by atoms with van der Waals surface area (Å²) in [6.45, 7) is 4.65. The molecule has 1 N–H and O–H groups in total. The quantitative estimate of drug-likeness (QED) is 0.687. The molecular weight excluding hydrogens is 340 g/mol. The molecule has 0 unspecified atom stereocenters. The molecule has 0 saturated carbocycles. The highest BCUT2D eigenvalue weighted by Crippen LogP contribution is 2.21. The normalized spacial score (nSPS) is 12.6. The molecule has 0 saturated heterocycles. The number of aryl methyl sites for hydroxylation is 1. The molecule has 1 aromatic rings. The lowest BCUT2D eigenvalue weighted by Gasteiger charge is -2.24. The fraction of sp³-hybridized carbons (Fsp3) is 0.643. The van der Waals surface area contributed by atoms with Crippen LogP contribution in [0.15, 0.2) is 24.5 Å². The van der Waals surface area contributed by atoms with E-state index in [1.54, 1.807) is 12.4 Å². The molecule has 114 valence electrons. The van der Waals surface area contributed by atoms with Crippen molar-refractivity contribution >= 4 is 26.0 Å². The van der Waals surface area contributed by atoms with E-state index in [-0.39, 0.29) is 11.2 Å². The number of pyridine rings is 1. The maximum absolute atomic E-state index is 12.0. The third-order valence-electron chi connectivity index (χ3n) is 3.17. The number of hydrogen-bond donors (Lipinski definition) is 1. The third kappa shape index (κ3) is 7.36. The average Bonchev–Trinajstić information content (AvgIpc) is 2.43. The molecule has 0 aromatic carbocycles. The number of aromatic nitrogens is 1. The second-order valence-electron chi connectivity index (χ2n) is 5.70. The van der Waals surface area contributed by atoms with E-state index in [1.807, 2.05) is 12.1 Å². The van der Waals surface area contributed by atoms with E-state index >= 15 is 0 Å². The number of rotatable bonds is 9. The monoisotopic (exact) mass is 362 g/mol. The SMILES string of the molecule is CC(C)(CCCBr)CNS(=O)(=O)CCc1ccncc1. The second kappa shape index (κ2) is 8.10. The summed E-state index contributed by atoms with van der Waals surface area (Å²) < 4.78 is 26.7. The number of alkyl halides is 1. The first kappa shape index (κ1) is 17.6. The standard InChI is InChI=1S/C14H23BrN2O2S/c1-14(2,7-3-8-15)12-17-20(18,19)11-6-13-4-9-16-10-5-13/h4-5,9-10,17H,3,6-8,11-12H2,1-2H3. The molecule has 0 aliphatic heterocycles. The summed E-state index contributed by atoms with van der Waals surface area (Å²) in [6.07, 6.45) is 5.91. The number of hydrogen-bond acceptors (Lipinski definition) is 3. The highest BCUT2D eigenvalue weighted by Gasteiger charge is 2.20. The molecule has 1 aromatic heterocycles. The maximum Gasteiger partial charge on any atom is 0.211 e. The molecule has 1 heterocycles. The summed E-state index contributed by atoms with van der Waals surface area (Å²) in [5.74, 6) is 0.117. The van der Waals surface area contributed by atoms with Gasteiger partial charge in [0.25, 0.3) is 0 Å². The highest BCUT2D eigenvalue weighted by molar-refractivity contribution is 9.09. The van der Waals surface area contributed by atoms with Crippen molar-refractivity contribution < 1.29 is 8.42 Å². The Balaban J connectivity index is 2.42. The molecule has 0 atom stereocenters. The van der Waals surface area contributed by atoms with Gasteiger partial charge in [-0.3, -0.25) is 4.98 Å². The summed E-state index contributed by atoms with van der Waals surface area (Å²) >= 11 is 3.40. The van der Waals surface area contributed by atoms with Gasteiger partial charge in [-0.25, -0.2) is 13.1 Å². The van der Waals surface area contributed by atoms with Crippen LogP contribution >= 0.6 is 15.9 Å². The smallest absolute Gasteiger partial charge is 0.211 e. The van der Waals surface area contributed by atoms with Gasteiger partial charge in [-0.2, -0.15) is 0 Å². The third-order valence-corrected chi connectivity index (χ3v) is 5.05. The van der Waals surface area contributed by atoms with Crippen molar-refractivity contribution in [2.24, 2.45) is 5.41 Å². The van der Waals surface area contributed by atoms with Crippen LogP contribution in [0, 0.1) is 5.41 Å².